The lowest BCUT2D eigenvalue weighted by atomic mass is 9.80. The van der Waals surface area contributed by atoms with E-state index in [1.165, 1.54) is 43.2 Å². The summed E-state index contributed by atoms with van der Waals surface area (Å²) in [6.07, 6.45) is 6.82. The first-order chi connectivity index (χ1) is 9.20. The van der Waals surface area contributed by atoms with Gasteiger partial charge in [0.2, 0.25) is 0 Å². The molecule has 19 heavy (non-hydrogen) atoms. The topological polar surface area (TPSA) is 12.0 Å². The summed E-state index contributed by atoms with van der Waals surface area (Å²) in [6.45, 7) is 7.85. The van der Waals surface area contributed by atoms with Crippen molar-refractivity contribution in [1.82, 2.24) is 5.32 Å². The molecule has 0 aromatic heterocycles. The molecule has 0 heterocycles. The van der Waals surface area contributed by atoms with Crippen LogP contribution in [0.1, 0.15) is 63.5 Å². The Balaban J connectivity index is 1.98. The standard InChI is InChI=1S/C18H29N/c1-4-19-18-8-6-5-7-17(18)13-15-9-11-16(12-10-15)14(2)3/h9-12,14,17-19H,4-8,13H2,1-3H3. The Kier molecular flexibility index (Phi) is 5.45. The van der Waals surface area contributed by atoms with Crippen LogP contribution in [0.15, 0.2) is 24.3 Å². The zero-order valence-electron chi connectivity index (χ0n) is 12.8. The fourth-order valence-corrected chi connectivity index (χ4v) is 3.32. The van der Waals surface area contributed by atoms with Crippen molar-refractivity contribution in [3.8, 4) is 0 Å². The summed E-state index contributed by atoms with van der Waals surface area (Å²) in [7, 11) is 0. The fraction of sp³-hybridized carbons (Fsp3) is 0.667. The van der Waals surface area contributed by atoms with Gasteiger partial charge in [-0.2, -0.15) is 0 Å². The van der Waals surface area contributed by atoms with E-state index in [0.717, 1.165) is 18.5 Å². The van der Waals surface area contributed by atoms with Crippen molar-refractivity contribution in [2.45, 2.75) is 64.8 Å². The molecule has 2 rings (SSSR count). The van der Waals surface area contributed by atoms with Crippen LogP contribution in [0.3, 0.4) is 0 Å². The van der Waals surface area contributed by atoms with Crippen molar-refractivity contribution >= 4 is 0 Å². The molecule has 0 aliphatic heterocycles. The van der Waals surface area contributed by atoms with Gasteiger partial charge in [0.25, 0.3) is 0 Å². The van der Waals surface area contributed by atoms with Crippen LogP contribution in [0.25, 0.3) is 0 Å². The van der Waals surface area contributed by atoms with Crippen LogP contribution in [0, 0.1) is 5.92 Å². The molecule has 1 fully saturated rings. The van der Waals surface area contributed by atoms with Crippen LogP contribution in [0.5, 0.6) is 0 Å². The SMILES string of the molecule is CCNC1CCCCC1Cc1ccc(C(C)C)cc1. The van der Waals surface area contributed by atoms with Gasteiger partial charge in [0.15, 0.2) is 0 Å². The highest BCUT2D eigenvalue weighted by Crippen LogP contribution is 2.28. The summed E-state index contributed by atoms with van der Waals surface area (Å²) >= 11 is 0. The summed E-state index contributed by atoms with van der Waals surface area (Å²) < 4.78 is 0. The van der Waals surface area contributed by atoms with Crippen molar-refractivity contribution < 1.29 is 0 Å². The van der Waals surface area contributed by atoms with Crippen molar-refractivity contribution in [3.05, 3.63) is 35.4 Å². The van der Waals surface area contributed by atoms with E-state index < -0.39 is 0 Å². The summed E-state index contributed by atoms with van der Waals surface area (Å²) in [5, 5.41) is 3.68. The normalized spacial score (nSPS) is 23.8. The van der Waals surface area contributed by atoms with Gasteiger partial charge >= 0.3 is 0 Å². The van der Waals surface area contributed by atoms with E-state index in [1.807, 2.05) is 0 Å². The lowest BCUT2D eigenvalue weighted by molar-refractivity contribution is 0.264. The summed E-state index contributed by atoms with van der Waals surface area (Å²) in [6, 6.07) is 10.0. The van der Waals surface area contributed by atoms with E-state index in [4.69, 9.17) is 0 Å². The Labute approximate surface area is 118 Å². The van der Waals surface area contributed by atoms with Gasteiger partial charge in [0.05, 0.1) is 0 Å². The van der Waals surface area contributed by atoms with Crippen LogP contribution in [0.4, 0.5) is 0 Å². The Bertz CT molecular complexity index is 364. The van der Waals surface area contributed by atoms with Crippen LogP contribution in [-0.4, -0.2) is 12.6 Å². The predicted octanol–water partition coefficient (Wildman–Crippen LogP) is 4.52. The molecule has 2 unspecified atom stereocenters. The van der Waals surface area contributed by atoms with Crippen molar-refractivity contribution in [1.29, 1.82) is 0 Å². The Hall–Kier alpha value is -0.820. The average Bonchev–Trinajstić information content (AvgIpc) is 2.42. The smallest absolute Gasteiger partial charge is 0.00983 e. The molecular weight excluding hydrogens is 230 g/mol. The van der Waals surface area contributed by atoms with Gasteiger partial charge in [-0.15, -0.1) is 0 Å². The Morgan fingerprint density at radius 2 is 1.79 bits per heavy atom. The second-order valence-electron chi connectivity index (χ2n) is 6.31. The van der Waals surface area contributed by atoms with E-state index in [0.29, 0.717) is 5.92 Å². The molecule has 1 saturated carbocycles. The fourth-order valence-electron chi connectivity index (χ4n) is 3.32. The van der Waals surface area contributed by atoms with E-state index in [2.05, 4.69) is 50.4 Å². The molecule has 1 heteroatoms. The van der Waals surface area contributed by atoms with Crippen LogP contribution in [0.2, 0.25) is 0 Å². The average molecular weight is 259 g/mol. The largest absolute Gasteiger partial charge is 0.314 e. The highest BCUT2D eigenvalue weighted by Gasteiger charge is 2.24. The first-order valence-corrected chi connectivity index (χ1v) is 8.03. The van der Waals surface area contributed by atoms with Crippen LogP contribution < -0.4 is 5.32 Å². The lowest BCUT2D eigenvalue weighted by Gasteiger charge is -2.32. The van der Waals surface area contributed by atoms with Gasteiger partial charge in [-0.05, 0) is 48.8 Å². The third-order valence-electron chi connectivity index (χ3n) is 4.52. The van der Waals surface area contributed by atoms with Crippen LogP contribution >= 0.6 is 0 Å². The van der Waals surface area contributed by atoms with E-state index in [1.54, 1.807) is 0 Å². The van der Waals surface area contributed by atoms with E-state index in [9.17, 15) is 0 Å². The number of benzene rings is 1. The molecular formula is C18H29N. The highest BCUT2D eigenvalue weighted by molar-refractivity contribution is 5.25. The minimum Gasteiger partial charge on any atom is -0.314 e. The number of hydrogen-bond donors (Lipinski definition) is 1. The molecule has 0 saturated heterocycles. The molecule has 106 valence electrons. The number of nitrogens with one attached hydrogen (secondary N) is 1. The lowest BCUT2D eigenvalue weighted by Crippen LogP contribution is -2.39. The first kappa shape index (κ1) is 14.6. The highest BCUT2D eigenvalue weighted by atomic mass is 14.9. The van der Waals surface area contributed by atoms with Gasteiger partial charge in [0.1, 0.15) is 0 Å². The molecule has 1 aromatic rings. The quantitative estimate of drug-likeness (QED) is 0.819. The molecule has 0 bridgehead atoms. The molecule has 0 spiro atoms. The minimum atomic E-state index is 0.637. The molecule has 0 amide bonds. The Morgan fingerprint density at radius 1 is 1.11 bits per heavy atom. The third kappa shape index (κ3) is 4.07. The second-order valence-corrected chi connectivity index (χ2v) is 6.31. The molecule has 1 N–H and O–H groups in total. The maximum atomic E-state index is 3.68. The Morgan fingerprint density at radius 3 is 2.42 bits per heavy atom. The summed E-state index contributed by atoms with van der Waals surface area (Å²) in [4.78, 5) is 0. The number of hydrogen-bond acceptors (Lipinski definition) is 1. The van der Waals surface area contributed by atoms with Crippen molar-refractivity contribution in [2.24, 2.45) is 5.92 Å². The number of rotatable bonds is 5. The van der Waals surface area contributed by atoms with E-state index in [-0.39, 0.29) is 0 Å². The van der Waals surface area contributed by atoms with Crippen molar-refractivity contribution in [3.63, 3.8) is 0 Å². The third-order valence-corrected chi connectivity index (χ3v) is 4.52. The molecule has 1 aliphatic carbocycles. The maximum Gasteiger partial charge on any atom is 0.00983 e. The molecule has 1 aliphatic rings. The van der Waals surface area contributed by atoms with Gasteiger partial charge in [-0.1, -0.05) is 57.9 Å². The maximum absolute atomic E-state index is 3.68. The first-order valence-electron chi connectivity index (χ1n) is 8.03. The molecule has 0 radical (unpaired) electrons. The summed E-state index contributed by atoms with van der Waals surface area (Å²) in [5.41, 5.74) is 2.97. The van der Waals surface area contributed by atoms with Gasteiger partial charge < -0.3 is 5.32 Å². The molecule has 2 atom stereocenters. The van der Waals surface area contributed by atoms with Crippen molar-refractivity contribution in [2.75, 3.05) is 6.54 Å². The second kappa shape index (κ2) is 7.09. The predicted molar refractivity (Wildman–Crippen MR) is 83.7 cm³/mol. The van der Waals surface area contributed by atoms with Crippen LogP contribution in [-0.2, 0) is 6.42 Å². The zero-order valence-corrected chi connectivity index (χ0v) is 12.8. The molecule has 1 nitrogen and oxygen atoms in total. The van der Waals surface area contributed by atoms with Gasteiger partial charge in [0, 0.05) is 6.04 Å². The zero-order chi connectivity index (χ0) is 13.7. The minimum absolute atomic E-state index is 0.637. The monoisotopic (exact) mass is 259 g/mol. The molecule has 1 aromatic carbocycles. The van der Waals surface area contributed by atoms with Gasteiger partial charge in [-0.3, -0.25) is 0 Å². The van der Waals surface area contributed by atoms with E-state index >= 15 is 0 Å². The summed E-state index contributed by atoms with van der Waals surface area (Å²) in [5.74, 6) is 1.47. The van der Waals surface area contributed by atoms with Gasteiger partial charge in [-0.25, -0.2) is 0 Å².